The highest BCUT2D eigenvalue weighted by atomic mass is 15.2. The monoisotopic (exact) mass is 244 g/mol. The number of aromatic amines is 2. The number of hydrogen-bond donors (Lipinski definition) is 4. The van der Waals surface area contributed by atoms with Gasteiger partial charge in [0.15, 0.2) is 17.1 Å². The molecule has 0 aromatic carbocycles. The molecule has 0 atom stereocenters. The van der Waals surface area contributed by atoms with Gasteiger partial charge in [0.05, 0.1) is 12.7 Å². The van der Waals surface area contributed by atoms with E-state index >= 15 is 0 Å². The largest absolute Gasteiger partial charge is 0.367 e. The number of fused-ring (bicyclic) bond motifs is 2. The minimum atomic E-state index is 0.664. The number of hydrogen-bond acceptors (Lipinski definition) is 6. The van der Waals surface area contributed by atoms with E-state index in [9.17, 15) is 0 Å². The van der Waals surface area contributed by atoms with Gasteiger partial charge in [0.1, 0.15) is 5.82 Å². The first-order chi connectivity index (χ1) is 8.93. The fraction of sp³-hybridized carbons (Fsp3) is 0.200. The molecule has 0 spiro atoms. The van der Waals surface area contributed by atoms with E-state index in [4.69, 9.17) is 0 Å². The first-order valence-corrected chi connectivity index (χ1v) is 5.55. The summed E-state index contributed by atoms with van der Waals surface area (Å²) in [7, 11) is 0. The number of aromatic nitrogens is 6. The number of rotatable bonds is 0. The highest BCUT2D eigenvalue weighted by molar-refractivity contribution is 5.63. The van der Waals surface area contributed by atoms with Crippen molar-refractivity contribution in [3.63, 3.8) is 0 Å². The Hall–Kier alpha value is -2.64. The van der Waals surface area contributed by atoms with Gasteiger partial charge in [-0.2, -0.15) is 0 Å². The van der Waals surface area contributed by atoms with Crippen LogP contribution in [0.25, 0.3) is 11.3 Å². The summed E-state index contributed by atoms with van der Waals surface area (Å²) < 4.78 is 0. The number of imidazole rings is 2. The molecule has 4 N–H and O–H groups in total. The molecule has 4 rings (SSSR count). The zero-order chi connectivity index (χ0) is 12.2. The van der Waals surface area contributed by atoms with Crippen LogP contribution in [-0.4, -0.2) is 43.0 Å². The van der Waals surface area contributed by atoms with Gasteiger partial charge in [0.25, 0.3) is 0 Å². The molecule has 0 fully saturated rings. The quantitative estimate of drug-likeness (QED) is 0.461. The number of nitrogens with one attached hydrogen (secondary N) is 4. The van der Waals surface area contributed by atoms with E-state index in [1.807, 2.05) is 0 Å². The lowest BCUT2D eigenvalue weighted by Gasteiger charge is -2.13. The molecular formula is C10H12N8. The summed E-state index contributed by atoms with van der Waals surface area (Å²) in [6, 6.07) is 0. The van der Waals surface area contributed by atoms with Crippen molar-refractivity contribution in [2.45, 2.75) is 0 Å². The summed E-state index contributed by atoms with van der Waals surface area (Å²) in [5.74, 6) is 1.93. The number of anilines is 2. The van der Waals surface area contributed by atoms with Crippen molar-refractivity contribution in [3.05, 3.63) is 25.0 Å². The summed E-state index contributed by atoms with van der Waals surface area (Å²) >= 11 is 0. The molecule has 0 unspecified atom stereocenters. The smallest absolute Gasteiger partial charge is 0.197 e. The Morgan fingerprint density at radius 1 is 0.833 bits per heavy atom. The summed E-state index contributed by atoms with van der Waals surface area (Å²) in [4.78, 5) is 21.6. The molecule has 1 aliphatic heterocycles. The average molecular weight is 244 g/mol. The van der Waals surface area contributed by atoms with E-state index in [0.29, 0.717) is 5.65 Å². The van der Waals surface area contributed by atoms with Crippen molar-refractivity contribution < 1.29 is 0 Å². The molecule has 0 aliphatic carbocycles. The van der Waals surface area contributed by atoms with Crippen LogP contribution in [-0.2, 0) is 0 Å². The van der Waals surface area contributed by atoms with Crippen molar-refractivity contribution in [2.75, 3.05) is 23.7 Å². The Morgan fingerprint density at radius 3 is 2.56 bits per heavy atom. The van der Waals surface area contributed by atoms with Gasteiger partial charge in [-0.15, -0.1) is 0 Å². The Labute approximate surface area is 102 Å². The predicted octanol–water partition coefficient (Wildman–Crippen LogP) is 0.600. The van der Waals surface area contributed by atoms with E-state index in [1.54, 1.807) is 25.0 Å². The van der Waals surface area contributed by atoms with Crippen molar-refractivity contribution in [1.29, 1.82) is 0 Å². The molecule has 8 heteroatoms. The minimum Gasteiger partial charge on any atom is -0.367 e. The van der Waals surface area contributed by atoms with Crippen LogP contribution in [0.3, 0.4) is 0 Å². The number of H-pyrrole nitrogens is 2. The molecule has 92 valence electrons. The van der Waals surface area contributed by atoms with Gasteiger partial charge in [0, 0.05) is 25.5 Å². The standard InChI is InChI=1S/C5H8N4.C5H4N4/c2*1-2-7-5-4(6-1)8-3-9-5/h3,6-7H,1-2H2,(H,8,9);1-3H,(H,6,7,8,9). The highest BCUT2D eigenvalue weighted by Crippen LogP contribution is 2.16. The highest BCUT2D eigenvalue weighted by Gasteiger charge is 2.07. The molecule has 3 aromatic rings. The van der Waals surface area contributed by atoms with E-state index in [2.05, 4.69) is 40.5 Å². The molecule has 0 saturated carbocycles. The lowest BCUT2D eigenvalue weighted by Crippen LogP contribution is -2.20. The first kappa shape index (κ1) is 10.5. The second-order valence-electron chi connectivity index (χ2n) is 3.61. The molecular weight excluding hydrogens is 232 g/mol. The van der Waals surface area contributed by atoms with Crippen LogP contribution < -0.4 is 10.6 Å². The minimum absolute atomic E-state index is 0.664. The molecule has 0 amide bonds. The topological polar surface area (TPSA) is 107 Å². The summed E-state index contributed by atoms with van der Waals surface area (Å²) in [6.07, 6.45) is 6.49. The third-order valence-electron chi connectivity index (χ3n) is 2.43. The van der Waals surface area contributed by atoms with Crippen LogP contribution >= 0.6 is 0 Å². The zero-order valence-corrected chi connectivity index (χ0v) is 9.51. The Balaban J connectivity index is 0.000000111. The van der Waals surface area contributed by atoms with Gasteiger partial charge < -0.3 is 20.6 Å². The van der Waals surface area contributed by atoms with Gasteiger partial charge in [-0.25, -0.2) is 19.9 Å². The van der Waals surface area contributed by atoms with Gasteiger partial charge in [-0.05, 0) is 0 Å². The lowest BCUT2D eigenvalue weighted by atomic mass is 10.4. The molecule has 3 aromatic heterocycles. The maximum Gasteiger partial charge on any atom is 0.197 e. The second-order valence-corrected chi connectivity index (χ2v) is 3.61. The van der Waals surface area contributed by atoms with Crippen molar-refractivity contribution in [2.24, 2.45) is 0 Å². The first-order valence-electron chi connectivity index (χ1n) is 5.55. The van der Waals surface area contributed by atoms with E-state index in [-0.39, 0.29) is 0 Å². The Kier molecular flexibility index (Phi) is 2.74. The summed E-state index contributed by atoms with van der Waals surface area (Å²) in [6.45, 7) is 1.92. The van der Waals surface area contributed by atoms with Gasteiger partial charge in [0.2, 0.25) is 0 Å². The van der Waals surface area contributed by atoms with Crippen LogP contribution in [0.15, 0.2) is 25.0 Å². The molecule has 0 radical (unpaired) electrons. The van der Waals surface area contributed by atoms with Gasteiger partial charge >= 0.3 is 0 Å². The van der Waals surface area contributed by atoms with Crippen LogP contribution in [0.2, 0.25) is 0 Å². The molecule has 4 heterocycles. The average Bonchev–Trinajstić information content (AvgIpc) is 3.08. The SMILES string of the molecule is c1cnc2[nH]cnc2n1.c1nc2c([nH]1)NCCN2. The third-order valence-corrected chi connectivity index (χ3v) is 2.43. The van der Waals surface area contributed by atoms with Gasteiger partial charge in [-0.1, -0.05) is 0 Å². The van der Waals surface area contributed by atoms with E-state index in [0.717, 1.165) is 30.4 Å². The van der Waals surface area contributed by atoms with Crippen molar-refractivity contribution in [1.82, 2.24) is 29.9 Å². The maximum atomic E-state index is 4.03. The molecule has 18 heavy (non-hydrogen) atoms. The molecule has 0 saturated heterocycles. The third kappa shape index (κ3) is 2.08. The van der Waals surface area contributed by atoms with Crippen LogP contribution in [0.4, 0.5) is 11.6 Å². The molecule has 8 nitrogen and oxygen atoms in total. The van der Waals surface area contributed by atoms with Crippen molar-refractivity contribution in [3.8, 4) is 0 Å². The summed E-state index contributed by atoms with van der Waals surface area (Å²) in [5.41, 5.74) is 1.40. The van der Waals surface area contributed by atoms with E-state index in [1.165, 1.54) is 0 Å². The lowest BCUT2D eigenvalue weighted by molar-refractivity contribution is 1.03. The fourth-order valence-electron chi connectivity index (χ4n) is 1.61. The number of nitrogens with zero attached hydrogens (tertiary/aromatic N) is 4. The van der Waals surface area contributed by atoms with Crippen LogP contribution in [0.5, 0.6) is 0 Å². The molecule has 1 aliphatic rings. The predicted molar refractivity (Wildman–Crippen MR) is 67.3 cm³/mol. The second kappa shape index (κ2) is 4.70. The van der Waals surface area contributed by atoms with Crippen LogP contribution in [0.1, 0.15) is 0 Å². The Bertz CT molecular complexity index is 577. The van der Waals surface area contributed by atoms with Crippen LogP contribution in [0, 0.1) is 0 Å². The normalized spacial score (nSPS) is 12.9. The fourth-order valence-corrected chi connectivity index (χ4v) is 1.61. The maximum absolute atomic E-state index is 4.03. The molecule has 0 bridgehead atoms. The Morgan fingerprint density at radius 2 is 1.67 bits per heavy atom. The van der Waals surface area contributed by atoms with Crippen molar-refractivity contribution >= 4 is 22.9 Å². The summed E-state index contributed by atoms with van der Waals surface area (Å²) in [5, 5.41) is 6.30. The van der Waals surface area contributed by atoms with E-state index < -0.39 is 0 Å². The van der Waals surface area contributed by atoms with Gasteiger partial charge in [-0.3, -0.25) is 0 Å². The zero-order valence-electron chi connectivity index (χ0n) is 9.51.